The van der Waals surface area contributed by atoms with E-state index in [-0.39, 0.29) is 12.4 Å². The van der Waals surface area contributed by atoms with Crippen molar-refractivity contribution in [1.29, 1.82) is 0 Å². The monoisotopic (exact) mass is 196 g/mol. The van der Waals surface area contributed by atoms with Crippen molar-refractivity contribution in [3.63, 3.8) is 0 Å². The van der Waals surface area contributed by atoms with Crippen LogP contribution in [0.25, 0.3) is 0 Å². The molecule has 0 aliphatic carbocycles. The van der Waals surface area contributed by atoms with Crippen LogP contribution < -0.4 is 4.74 Å². The zero-order chi connectivity index (χ0) is 10.4. The van der Waals surface area contributed by atoms with E-state index in [0.717, 1.165) is 6.08 Å². The zero-order valence-electron chi connectivity index (χ0n) is 7.31. The lowest BCUT2D eigenvalue weighted by atomic mass is 10.3. The molecule has 0 saturated carbocycles. The first kappa shape index (κ1) is 10.2. The molecule has 1 aromatic rings. The third kappa shape index (κ3) is 3.71. The van der Waals surface area contributed by atoms with Crippen LogP contribution in [0.3, 0.4) is 0 Å². The lowest BCUT2D eigenvalue weighted by Gasteiger charge is -2.01. The molecule has 0 atom stereocenters. The number of carbonyl (C=O) groups is 1. The minimum Gasteiger partial charge on any atom is -0.489 e. The molecule has 0 aliphatic heterocycles. The molecule has 0 radical (unpaired) electrons. The maximum Gasteiger partial charge on any atom is 0.328 e. The molecule has 0 heterocycles. The van der Waals surface area contributed by atoms with Gasteiger partial charge in [-0.3, -0.25) is 0 Å². The largest absolute Gasteiger partial charge is 0.489 e. The SMILES string of the molecule is O=C(O)C=CCOc1cccc(F)c1. The lowest BCUT2D eigenvalue weighted by Crippen LogP contribution is -1.95. The molecule has 0 fully saturated rings. The van der Waals surface area contributed by atoms with E-state index in [1.165, 1.54) is 24.3 Å². The van der Waals surface area contributed by atoms with Crippen molar-refractivity contribution >= 4 is 5.97 Å². The number of halogens is 1. The topological polar surface area (TPSA) is 46.5 Å². The Morgan fingerprint density at radius 1 is 1.57 bits per heavy atom. The van der Waals surface area contributed by atoms with E-state index in [9.17, 15) is 9.18 Å². The van der Waals surface area contributed by atoms with Crippen molar-refractivity contribution in [2.24, 2.45) is 0 Å². The molecule has 74 valence electrons. The number of hydrogen-bond acceptors (Lipinski definition) is 2. The standard InChI is InChI=1S/C10H9FO3/c11-8-3-1-4-9(7-8)14-6-2-5-10(12)13/h1-5,7H,6H2,(H,12,13). The summed E-state index contributed by atoms with van der Waals surface area (Å²) < 4.78 is 17.7. The highest BCUT2D eigenvalue weighted by molar-refractivity contribution is 5.79. The van der Waals surface area contributed by atoms with Crippen molar-refractivity contribution < 1.29 is 19.0 Å². The van der Waals surface area contributed by atoms with Gasteiger partial charge in [0.05, 0.1) is 0 Å². The number of carboxylic acids is 1. The van der Waals surface area contributed by atoms with Crippen molar-refractivity contribution in [2.45, 2.75) is 0 Å². The Hall–Kier alpha value is -1.84. The van der Waals surface area contributed by atoms with Gasteiger partial charge in [0.15, 0.2) is 0 Å². The fourth-order valence-corrected chi connectivity index (χ4v) is 0.850. The third-order valence-electron chi connectivity index (χ3n) is 1.40. The van der Waals surface area contributed by atoms with Gasteiger partial charge in [0.2, 0.25) is 0 Å². The number of carboxylic acid groups (broad SMARTS) is 1. The van der Waals surface area contributed by atoms with Crippen molar-refractivity contribution in [3.05, 3.63) is 42.2 Å². The van der Waals surface area contributed by atoms with Crippen LogP contribution in [0.15, 0.2) is 36.4 Å². The molecule has 0 saturated heterocycles. The predicted octanol–water partition coefficient (Wildman–Crippen LogP) is 1.85. The van der Waals surface area contributed by atoms with Crippen LogP contribution in [0.5, 0.6) is 5.75 Å². The van der Waals surface area contributed by atoms with Gasteiger partial charge < -0.3 is 9.84 Å². The quantitative estimate of drug-likeness (QED) is 0.747. The summed E-state index contributed by atoms with van der Waals surface area (Å²) in [5.74, 6) is -1.04. The highest BCUT2D eigenvalue weighted by Crippen LogP contribution is 2.11. The maximum absolute atomic E-state index is 12.6. The number of rotatable bonds is 4. The van der Waals surface area contributed by atoms with E-state index >= 15 is 0 Å². The summed E-state index contributed by atoms with van der Waals surface area (Å²) in [6, 6.07) is 5.65. The normalized spacial score (nSPS) is 10.4. The van der Waals surface area contributed by atoms with E-state index in [2.05, 4.69) is 0 Å². The van der Waals surface area contributed by atoms with Gasteiger partial charge in [-0.2, -0.15) is 0 Å². The van der Waals surface area contributed by atoms with Crippen LogP contribution >= 0.6 is 0 Å². The van der Waals surface area contributed by atoms with Crippen LogP contribution in [0.1, 0.15) is 0 Å². The Morgan fingerprint density at radius 2 is 2.36 bits per heavy atom. The van der Waals surface area contributed by atoms with Gasteiger partial charge in [-0.25, -0.2) is 9.18 Å². The molecule has 0 aliphatic rings. The molecule has 1 rings (SSSR count). The Labute approximate surface area is 80.4 Å². The van der Waals surface area contributed by atoms with Crippen molar-refractivity contribution in [1.82, 2.24) is 0 Å². The van der Waals surface area contributed by atoms with Crippen molar-refractivity contribution in [3.8, 4) is 5.75 Å². The highest BCUT2D eigenvalue weighted by atomic mass is 19.1. The molecule has 3 nitrogen and oxygen atoms in total. The fraction of sp³-hybridized carbons (Fsp3) is 0.100. The Bertz CT molecular complexity index is 347. The second-order valence-corrected chi connectivity index (χ2v) is 2.51. The summed E-state index contributed by atoms with van der Waals surface area (Å²) >= 11 is 0. The van der Waals surface area contributed by atoms with E-state index in [0.29, 0.717) is 5.75 Å². The van der Waals surface area contributed by atoms with E-state index < -0.39 is 5.97 Å². The predicted molar refractivity (Wildman–Crippen MR) is 48.7 cm³/mol. The first-order valence-electron chi connectivity index (χ1n) is 3.96. The molecule has 14 heavy (non-hydrogen) atoms. The molecular formula is C10H9FO3. The van der Waals surface area contributed by atoms with E-state index in [1.807, 2.05) is 0 Å². The summed E-state index contributed by atoms with van der Waals surface area (Å²) in [6.45, 7) is 0.107. The Morgan fingerprint density at radius 3 is 3.00 bits per heavy atom. The summed E-state index contributed by atoms with van der Waals surface area (Å²) in [5, 5.41) is 8.25. The average molecular weight is 196 g/mol. The minimum absolute atomic E-state index is 0.107. The summed E-state index contributed by atoms with van der Waals surface area (Å²) in [4.78, 5) is 10.1. The highest BCUT2D eigenvalue weighted by Gasteiger charge is 1.93. The Kier molecular flexibility index (Phi) is 3.67. The first-order valence-corrected chi connectivity index (χ1v) is 3.96. The molecular weight excluding hydrogens is 187 g/mol. The minimum atomic E-state index is -1.03. The van der Waals surface area contributed by atoms with E-state index in [1.54, 1.807) is 6.07 Å². The van der Waals surface area contributed by atoms with Crippen LogP contribution in [0.4, 0.5) is 4.39 Å². The molecule has 4 heteroatoms. The smallest absolute Gasteiger partial charge is 0.328 e. The van der Waals surface area contributed by atoms with Crippen LogP contribution in [-0.4, -0.2) is 17.7 Å². The summed E-state index contributed by atoms with van der Waals surface area (Å²) in [7, 11) is 0. The molecule has 0 bridgehead atoms. The number of hydrogen-bond donors (Lipinski definition) is 1. The second-order valence-electron chi connectivity index (χ2n) is 2.51. The van der Waals surface area contributed by atoms with Crippen molar-refractivity contribution in [2.75, 3.05) is 6.61 Å². The Balaban J connectivity index is 2.42. The van der Waals surface area contributed by atoms with Gasteiger partial charge >= 0.3 is 5.97 Å². The van der Waals surface area contributed by atoms with Gasteiger partial charge in [0.1, 0.15) is 18.2 Å². The van der Waals surface area contributed by atoms with Crippen LogP contribution in [0, 0.1) is 5.82 Å². The van der Waals surface area contributed by atoms with Gasteiger partial charge in [0, 0.05) is 12.1 Å². The summed E-state index contributed by atoms with van der Waals surface area (Å²) in [6.07, 6.45) is 2.31. The number of ether oxygens (including phenoxy) is 1. The molecule has 0 spiro atoms. The fourth-order valence-electron chi connectivity index (χ4n) is 0.850. The molecule has 1 aromatic carbocycles. The summed E-state index contributed by atoms with van der Waals surface area (Å²) in [5.41, 5.74) is 0. The first-order chi connectivity index (χ1) is 6.68. The van der Waals surface area contributed by atoms with E-state index in [4.69, 9.17) is 9.84 Å². The van der Waals surface area contributed by atoms with Gasteiger partial charge in [-0.1, -0.05) is 6.07 Å². The maximum atomic E-state index is 12.6. The average Bonchev–Trinajstić information content (AvgIpc) is 2.12. The molecule has 0 amide bonds. The van der Waals surface area contributed by atoms with Gasteiger partial charge in [-0.05, 0) is 18.2 Å². The third-order valence-corrected chi connectivity index (χ3v) is 1.40. The van der Waals surface area contributed by atoms with Crippen LogP contribution in [0.2, 0.25) is 0 Å². The second kappa shape index (κ2) is 5.01. The van der Waals surface area contributed by atoms with Gasteiger partial charge in [-0.15, -0.1) is 0 Å². The molecule has 0 unspecified atom stereocenters. The molecule has 1 N–H and O–H groups in total. The number of aliphatic carboxylic acids is 1. The lowest BCUT2D eigenvalue weighted by molar-refractivity contribution is -0.131. The number of benzene rings is 1. The molecule has 0 aromatic heterocycles. The zero-order valence-corrected chi connectivity index (χ0v) is 7.31. The van der Waals surface area contributed by atoms with Crippen LogP contribution in [-0.2, 0) is 4.79 Å². The van der Waals surface area contributed by atoms with Gasteiger partial charge in [0.25, 0.3) is 0 Å².